The molecule has 0 atom stereocenters. The molecule has 0 aliphatic carbocycles. The number of aromatic amines is 1. The molecule has 4 nitrogen and oxygen atoms in total. The first-order valence-electron chi connectivity index (χ1n) is 5.80. The van der Waals surface area contributed by atoms with E-state index in [-0.39, 0.29) is 5.91 Å². The van der Waals surface area contributed by atoms with Crippen LogP contribution in [0.5, 0.6) is 0 Å². The van der Waals surface area contributed by atoms with Gasteiger partial charge in [-0.1, -0.05) is 30.3 Å². The Kier molecular flexibility index (Phi) is 3.94. The number of benzene rings is 1. The third-order valence-corrected chi connectivity index (χ3v) is 3.08. The number of H-pyrrole nitrogens is 1. The van der Waals surface area contributed by atoms with Crippen LogP contribution in [0.3, 0.4) is 0 Å². The van der Waals surface area contributed by atoms with Gasteiger partial charge in [0.15, 0.2) is 4.77 Å². The van der Waals surface area contributed by atoms with Crippen molar-refractivity contribution < 1.29 is 4.79 Å². The SMILES string of the molecule is NC(=O)CCCn1c(-c2ccccc2)c[nH]c1=S. The molecule has 0 aliphatic heterocycles. The summed E-state index contributed by atoms with van der Waals surface area (Å²) in [5.41, 5.74) is 7.27. The summed E-state index contributed by atoms with van der Waals surface area (Å²) < 4.78 is 2.66. The molecule has 94 valence electrons. The number of aromatic nitrogens is 2. The molecule has 1 amide bonds. The van der Waals surface area contributed by atoms with Crippen LogP contribution < -0.4 is 5.73 Å². The predicted octanol–water partition coefficient (Wildman–Crippen LogP) is 2.48. The average molecular weight is 261 g/mol. The number of amides is 1. The Morgan fingerprint density at radius 1 is 1.33 bits per heavy atom. The van der Waals surface area contributed by atoms with E-state index < -0.39 is 0 Å². The Bertz CT molecular complexity index is 586. The Hall–Kier alpha value is -1.88. The van der Waals surface area contributed by atoms with E-state index in [0.717, 1.165) is 11.3 Å². The van der Waals surface area contributed by atoms with Gasteiger partial charge in [-0.15, -0.1) is 0 Å². The van der Waals surface area contributed by atoms with Gasteiger partial charge >= 0.3 is 0 Å². The molecule has 0 spiro atoms. The van der Waals surface area contributed by atoms with Crippen molar-refractivity contribution in [2.75, 3.05) is 0 Å². The van der Waals surface area contributed by atoms with Crippen LogP contribution in [0.4, 0.5) is 0 Å². The summed E-state index contributed by atoms with van der Waals surface area (Å²) in [5.74, 6) is -0.279. The Morgan fingerprint density at radius 2 is 2.06 bits per heavy atom. The maximum absolute atomic E-state index is 10.7. The van der Waals surface area contributed by atoms with Crippen molar-refractivity contribution in [3.05, 3.63) is 41.3 Å². The second-order valence-electron chi connectivity index (χ2n) is 4.07. The first kappa shape index (κ1) is 12.6. The van der Waals surface area contributed by atoms with Crippen LogP contribution in [0.25, 0.3) is 11.3 Å². The summed E-state index contributed by atoms with van der Waals surface area (Å²) in [6.45, 7) is 0.690. The number of imidazole rings is 1. The monoisotopic (exact) mass is 261 g/mol. The zero-order chi connectivity index (χ0) is 13.0. The molecule has 2 rings (SSSR count). The van der Waals surface area contributed by atoms with Crippen LogP contribution in [0, 0.1) is 4.77 Å². The molecule has 0 aliphatic rings. The summed E-state index contributed by atoms with van der Waals surface area (Å²) in [6.07, 6.45) is 2.96. The van der Waals surface area contributed by atoms with Gasteiger partial charge in [-0.05, 0) is 24.2 Å². The number of primary amides is 1. The molecule has 0 saturated heterocycles. The molecular formula is C13H15N3OS. The van der Waals surface area contributed by atoms with E-state index in [4.69, 9.17) is 18.0 Å². The van der Waals surface area contributed by atoms with Gasteiger partial charge in [-0.25, -0.2) is 0 Å². The number of hydrogen-bond donors (Lipinski definition) is 2. The lowest BCUT2D eigenvalue weighted by molar-refractivity contribution is -0.118. The van der Waals surface area contributed by atoms with Crippen LogP contribution in [-0.2, 0) is 11.3 Å². The van der Waals surface area contributed by atoms with Gasteiger partial charge in [-0.3, -0.25) is 4.79 Å². The van der Waals surface area contributed by atoms with Gasteiger partial charge in [0.1, 0.15) is 0 Å². The van der Waals surface area contributed by atoms with Crippen molar-refractivity contribution in [3.63, 3.8) is 0 Å². The van der Waals surface area contributed by atoms with E-state index in [2.05, 4.69) is 4.98 Å². The lowest BCUT2D eigenvalue weighted by atomic mass is 10.1. The van der Waals surface area contributed by atoms with Crippen molar-refractivity contribution in [3.8, 4) is 11.3 Å². The third-order valence-electron chi connectivity index (χ3n) is 2.74. The molecule has 0 unspecified atom stereocenters. The minimum absolute atomic E-state index is 0.279. The smallest absolute Gasteiger partial charge is 0.217 e. The predicted molar refractivity (Wildman–Crippen MR) is 73.5 cm³/mol. The largest absolute Gasteiger partial charge is 0.370 e. The molecule has 1 aromatic heterocycles. The molecule has 0 bridgehead atoms. The maximum Gasteiger partial charge on any atom is 0.217 e. The Balaban J connectivity index is 2.22. The highest BCUT2D eigenvalue weighted by Gasteiger charge is 2.06. The third kappa shape index (κ3) is 2.87. The fourth-order valence-corrected chi connectivity index (χ4v) is 2.13. The summed E-state index contributed by atoms with van der Waals surface area (Å²) in [4.78, 5) is 13.8. The van der Waals surface area contributed by atoms with Gasteiger partial charge in [0.25, 0.3) is 0 Å². The van der Waals surface area contributed by atoms with Crippen LogP contribution in [0.1, 0.15) is 12.8 Å². The van der Waals surface area contributed by atoms with E-state index in [1.807, 2.05) is 41.1 Å². The van der Waals surface area contributed by atoms with E-state index >= 15 is 0 Å². The molecular weight excluding hydrogens is 246 g/mol. The molecule has 3 N–H and O–H groups in total. The lowest BCUT2D eigenvalue weighted by Gasteiger charge is -2.07. The minimum atomic E-state index is -0.279. The standard InChI is InChI=1S/C13H15N3OS/c14-12(17)7-4-8-16-11(9-15-13(16)18)10-5-2-1-3-6-10/h1-3,5-6,9H,4,7-8H2,(H2,14,17)(H,15,18). The molecule has 0 fully saturated rings. The summed E-state index contributed by atoms with van der Waals surface area (Å²) >= 11 is 5.24. The van der Waals surface area contributed by atoms with Crippen LogP contribution in [0.15, 0.2) is 36.5 Å². The van der Waals surface area contributed by atoms with Gasteiger partial charge in [-0.2, -0.15) is 0 Å². The van der Waals surface area contributed by atoms with Crippen molar-refractivity contribution >= 4 is 18.1 Å². The number of rotatable bonds is 5. The van der Waals surface area contributed by atoms with Crippen molar-refractivity contribution in [1.29, 1.82) is 0 Å². The fraction of sp³-hybridized carbons (Fsp3) is 0.231. The molecule has 0 saturated carbocycles. The van der Waals surface area contributed by atoms with Crippen molar-refractivity contribution in [2.45, 2.75) is 19.4 Å². The van der Waals surface area contributed by atoms with Crippen molar-refractivity contribution in [2.24, 2.45) is 5.73 Å². The summed E-state index contributed by atoms with van der Waals surface area (Å²) in [7, 11) is 0. The number of nitrogens with two attached hydrogens (primary N) is 1. The van der Waals surface area contributed by atoms with Crippen LogP contribution >= 0.6 is 12.2 Å². The van der Waals surface area contributed by atoms with Crippen LogP contribution in [-0.4, -0.2) is 15.5 Å². The quantitative estimate of drug-likeness (QED) is 0.812. The number of carbonyl (C=O) groups excluding carboxylic acids is 1. The highest BCUT2D eigenvalue weighted by atomic mass is 32.1. The molecule has 1 heterocycles. The highest BCUT2D eigenvalue weighted by molar-refractivity contribution is 7.71. The van der Waals surface area contributed by atoms with E-state index in [9.17, 15) is 4.79 Å². The van der Waals surface area contributed by atoms with Gasteiger partial charge in [0.05, 0.1) is 5.69 Å². The molecule has 0 radical (unpaired) electrons. The van der Waals surface area contributed by atoms with E-state index in [1.54, 1.807) is 0 Å². The second-order valence-corrected chi connectivity index (χ2v) is 4.45. The zero-order valence-electron chi connectivity index (χ0n) is 9.93. The summed E-state index contributed by atoms with van der Waals surface area (Å²) in [5, 5.41) is 0. The van der Waals surface area contributed by atoms with Crippen LogP contribution in [0.2, 0.25) is 0 Å². The van der Waals surface area contributed by atoms with Gasteiger partial charge < -0.3 is 15.3 Å². The Morgan fingerprint density at radius 3 is 2.72 bits per heavy atom. The molecule has 1 aromatic carbocycles. The first-order chi connectivity index (χ1) is 8.68. The molecule has 2 aromatic rings. The lowest BCUT2D eigenvalue weighted by Crippen LogP contribution is -2.11. The average Bonchev–Trinajstić information content (AvgIpc) is 2.72. The van der Waals surface area contributed by atoms with Gasteiger partial charge in [0.2, 0.25) is 5.91 Å². The number of nitrogens with one attached hydrogen (secondary N) is 1. The topological polar surface area (TPSA) is 63.8 Å². The summed E-state index contributed by atoms with van der Waals surface area (Å²) in [6, 6.07) is 10.0. The highest BCUT2D eigenvalue weighted by Crippen LogP contribution is 2.19. The number of carbonyl (C=O) groups is 1. The van der Waals surface area contributed by atoms with E-state index in [1.165, 1.54) is 0 Å². The zero-order valence-corrected chi connectivity index (χ0v) is 10.7. The molecule has 18 heavy (non-hydrogen) atoms. The van der Waals surface area contributed by atoms with Gasteiger partial charge in [0, 0.05) is 19.2 Å². The maximum atomic E-state index is 10.7. The second kappa shape index (κ2) is 5.64. The van der Waals surface area contributed by atoms with E-state index in [0.29, 0.717) is 24.2 Å². The number of hydrogen-bond acceptors (Lipinski definition) is 2. The minimum Gasteiger partial charge on any atom is -0.370 e. The molecule has 5 heteroatoms. The first-order valence-corrected chi connectivity index (χ1v) is 6.21. The normalized spacial score (nSPS) is 10.4. The fourth-order valence-electron chi connectivity index (χ4n) is 1.88. The number of nitrogens with zero attached hydrogens (tertiary/aromatic N) is 1. The van der Waals surface area contributed by atoms with Crippen molar-refractivity contribution in [1.82, 2.24) is 9.55 Å². The Labute approximate surface area is 110 Å².